The van der Waals surface area contributed by atoms with E-state index < -0.39 is 6.17 Å². The first-order valence-corrected chi connectivity index (χ1v) is 8.79. The number of para-hydroxylation sites is 2. The molecule has 2 aromatic carbocycles. The molecule has 0 fully saturated rings. The molecular weight excluding hydrogens is 366 g/mol. The highest BCUT2D eigenvalue weighted by Gasteiger charge is 2.37. The number of nitrogens with one attached hydrogen (secondary N) is 1. The summed E-state index contributed by atoms with van der Waals surface area (Å²) in [6, 6.07) is 16.5. The number of aromatic nitrogens is 1. The Morgan fingerprint density at radius 2 is 1.96 bits per heavy atom. The Morgan fingerprint density at radius 1 is 1.07 bits per heavy atom. The number of benzene rings is 2. The smallest absolute Gasteiger partial charge is 0.263 e. The van der Waals surface area contributed by atoms with Gasteiger partial charge in [0.2, 0.25) is 6.79 Å². The number of ether oxygens (including phenoxy) is 2. The fourth-order valence-corrected chi connectivity index (χ4v) is 3.50. The zero-order valence-electron chi connectivity index (χ0n) is 14.1. The van der Waals surface area contributed by atoms with E-state index in [0.717, 1.165) is 11.3 Å². The predicted octanol–water partition coefficient (Wildman–Crippen LogP) is 4.23. The van der Waals surface area contributed by atoms with Crippen molar-refractivity contribution in [2.75, 3.05) is 17.0 Å². The molecule has 6 nitrogen and oxygen atoms in total. The molecule has 5 rings (SSSR count). The van der Waals surface area contributed by atoms with Gasteiger partial charge in [0.25, 0.3) is 5.91 Å². The van der Waals surface area contributed by atoms with E-state index in [1.54, 1.807) is 23.1 Å². The second-order valence-corrected chi connectivity index (χ2v) is 6.62. The van der Waals surface area contributed by atoms with Gasteiger partial charge >= 0.3 is 0 Å². The Balaban J connectivity index is 1.69. The number of carbonyl (C=O) groups excluding carboxylic acids is 1. The summed E-state index contributed by atoms with van der Waals surface area (Å²) in [4.78, 5) is 19.3. The van der Waals surface area contributed by atoms with Crippen molar-refractivity contribution < 1.29 is 14.3 Å². The number of hydrogen-bond donors (Lipinski definition) is 1. The van der Waals surface area contributed by atoms with E-state index >= 15 is 0 Å². The molecule has 0 spiro atoms. The van der Waals surface area contributed by atoms with Crippen LogP contribution < -0.4 is 19.7 Å². The highest BCUT2D eigenvalue weighted by atomic mass is 35.5. The van der Waals surface area contributed by atoms with Gasteiger partial charge in [0.05, 0.1) is 10.6 Å². The van der Waals surface area contributed by atoms with Crippen molar-refractivity contribution in [2.45, 2.75) is 6.17 Å². The summed E-state index contributed by atoms with van der Waals surface area (Å²) in [6.45, 7) is 0.156. The summed E-state index contributed by atoms with van der Waals surface area (Å²) in [6.07, 6.45) is 1.02. The van der Waals surface area contributed by atoms with Crippen molar-refractivity contribution in [3.05, 3.63) is 76.9 Å². The zero-order chi connectivity index (χ0) is 18.4. The number of anilines is 2. The standard InChI is InChI=1S/C20H14ClN3O3/c21-12-8-9-17(22-10-12)24-19(14-5-3-7-16-18(14)27-11-26-16)23-15-6-2-1-4-13(15)20(24)25/h1-10,19,23H,11H2/t19-/m1/s1. The van der Waals surface area contributed by atoms with Gasteiger partial charge < -0.3 is 14.8 Å². The lowest BCUT2D eigenvalue weighted by atomic mass is 10.0. The minimum atomic E-state index is -0.502. The van der Waals surface area contributed by atoms with E-state index in [1.165, 1.54) is 6.20 Å². The topological polar surface area (TPSA) is 63.7 Å². The minimum absolute atomic E-state index is 0.152. The van der Waals surface area contributed by atoms with Crippen molar-refractivity contribution in [3.63, 3.8) is 0 Å². The van der Waals surface area contributed by atoms with Gasteiger partial charge in [-0.25, -0.2) is 4.98 Å². The van der Waals surface area contributed by atoms with Gasteiger partial charge in [-0.15, -0.1) is 0 Å². The van der Waals surface area contributed by atoms with Crippen LogP contribution in [0.2, 0.25) is 5.02 Å². The zero-order valence-corrected chi connectivity index (χ0v) is 14.8. The van der Waals surface area contributed by atoms with Crippen LogP contribution in [0.1, 0.15) is 22.1 Å². The average Bonchev–Trinajstić information content (AvgIpc) is 3.18. The lowest BCUT2D eigenvalue weighted by Gasteiger charge is -2.37. The van der Waals surface area contributed by atoms with Crippen LogP contribution in [0, 0.1) is 0 Å². The molecule has 0 bridgehead atoms. The van der Waals surface area contributed by atoms with E-state index in [1.807, 2.05) is 36.4 Å². The highest BCUT2D eigenvalue weighted by molar-refractivity contribution is 6.30. The molecule has 134 valence electrons. The van der Waals surface area contributed by atoms with Gasteiger partial charge in [-0.1, -0.05) is 35.9 Å². The van der Waals surface area contributed by atoms with Gasteiger partial charge in [-0.2, -0.15) is 0 Å². The number of pyridine rings is 1. The molecule has 1 amide bonds. The number of amides is 1. The third-order valence-corrected chi connectivity index (χ3v) is 4.83. The van der Waals surface area contributed by atoms with Gasteiger partial charge in [-0.05, 0) is 30.3 Å². The van der Waals surface area contributed by atoms with Crippen LogP contribution >= 0.6 is 11.6 Å². The third-order valence-electron chi connectivity index (χ3n) is 4.61. The SMILES string of the molecule is O=C1c2ccccc2N[C@@H](c2cccc3c2OCO3)N1c1ccc(Cl)cn1. The first-order valence-electron chi connectivity index (χ1n) is 8.41. The van der Waals surface area contributed by atoms with Gasteiger partial charge in [0, 0.05) is 17.4 Å². The quantitative estimate of drug-likeness (QED) is 0.721. The minimum Gasteiger partial charge on any atom is -0.454 e. The second-order valence-electron chi connectivity index (χ2n) is 6.18. The molecule has 0 aliphatic carbocycles. The molecule has 1 atom stereocenters. The molecule has 27 heavy (non-hydrogen) atoms. The summed E-state index contributed by atoms with van der Waals surface area (Å²) in [5.41, 5.74) is 2.13. The summed E-state index contributed by atoms with van der Waals surface area (Å²) >= 11 is 5.98. The van der Waals surface area contributed by atoms with Gasteiger partial charge in [0.1, 0.15) is 12.0 Å². The van der Waals surface area contributed by atoms with E-state index in [2.05, 4.69) is 10.3 Å². The van der Waals surface area contributed by atoms with Crippen molar-refractivity contribution in [1.82, 2.24) is 4.98 Å². The molecule has 2 aliphatic rings. The van der Waals surface area contributed by atoms with Crippen LogP contribution in [-0.4, -0.2) is 17.7 Å². The second kappa shape index (κ2) is 6.17. The van der Waals surface area contributed by atoms with Gasteiger partial charge in [-0.3, -0.25) is 9.69 Å². The van der Waals surface area contributed by atoms with Crippen LogP contribution in [0.25, 0.3) is 0 Å². The van der Waals surface area contributed by atoms with E-state index in [-0.39, 0.29) is 12.7 Å². The van der Waals surface area contributed by atoms with Crippen molar-refractivity contribution >= 4 is 29.0 Å². The van der Waals surface area contributed by atoms with Crippen molar-refractivity contribution in [3.8, 4) is 11.5 Å². The summed E-state index contributed by atoms with van der Waals surface area (Å²) < 4.78 is 11.2. The fourth-order valence-electron chi connectivity index (χ4n) is 3.39. The maximum Gasteiger partial charge on any atom is 0.263 e. The molecule has 1 aromatic heterocycles. The third kappa shape index (κ3) is 2.57. The van der Waals surface area contributed by atoms with Crippen molar-refractivity contribution in [2.24, 2.45) is 0 Å². The Bertz CT molecular complexity index is 1040. The largest absolute Gasteiger partial charge is 0.454 e. The molecule has 0 saturated carbocycles. The highest BCUT2D eigenvalue weighted by Crippen LogP contribution is 2.44. The molecule has 0 unspecified atom stereocenters. The number of nitrogens with zero attached hydrogens (tertiary/aromatic N) is 2. The monoisotopic (exact) mass is 379 g/mol. The summed E-state index contributed by atoms with van der Waals surface area (Å²) in [5, 5.41) is 3.94. The maximum atomic E-state index is 13.3. The Morgan fingerprint density at radius 3 is 2.81 bits per heavy atom. The molecular formula is C20H14ClN3O3. The molecule has 1 N–H and O–H groups in total. The molecule has 0 radical (unpaired) electrons. The van der Waals surface area contributed by atoms with Crippen LogP contribution in [0.5, 0.6) is 11.5 Å². The average molecular weight is 380 g/mol. The summed E-state index contributed by atoms with van der Waals surface area (Å²) in [5.74, 6) is 1.62. The number of rotatable bonds is 2. The van der Waals surface area contributed by atoms with E-state index in [9.17, 15) is 4.79 Å². The van der Waals surface area contributed by atoms with Crippen LogP contribution in [0.4, 0.5) is 11.5 Å². The first-order chi connectivity index (χ1) is 13.2. The van der Waals surface area contributed by atoms with E-state index in [0.29, 0.717) is 27.9 Å². The number of fused-ring (bicyclic) bond motifs is 2. The predicted molar refractivity (Wildman–Crippen MR) is 101 cm³/mol. The molecule has 3 heterocycles. The lowest BCUT2D eigenvalue weighted by molar-refractivity contribution is 0.0973. The fraction of sp³-hybridized carbons (Fsp3) is 0.100. The van der Waals surface area contributed by atoms with Crippen molar-refractivity contribution in [1.29, 1.82) is 0 Å². The number of hydrogen-bond acceptors (Lipinski definition) is 5. The number of halogens is 1. The Labute approximate surface area is 160 Å². The lowest BCUT2D eigenvalue weighted by Crippen LogP contribution is -2.43. The normalized spacial score (nSPS) is 17.4. The van der Waals surface area contributed by atoms with Crippen LogP contribution in [0.3, 0.4) is 0 Å². The molecule has 0 saturated heterocycles. The Kier molecular flexibility index (Phi) is 3.65. The molecule has 7 heteroatoms. The molecule has 2 aliphatic heterocycles. The Hall–Kier alpha value is -3.25. The van der Waals surface area contributed by atoms with Gasteiger partial charge in [0.15, 0.2) is 11.5 Å². The number of carbonyl (C=O) groups is 1. The van der Waals surface area contributed by atoms with Crippen LogP contribution in [0.15, 0.2) is 60.8 Å². The maximum absolute atomic E-state index is 13.3. The first kappa shape index (κ1) is 16.0. The molecule has 3 aromatic rings. The van der Waals surface area contributed by atoms with E-state index in [4.69, 9.17) is 21.1 Å². The summed E-state index contributed by atoms with van der Waals surface area (Å²) in [7, 11) is 0. The van der Waals surface area contributed by atoms with Crippen LogP contribution in [-0.2, 0) is 0 Å².